The average molecular weight is 377 g/mol. The van der Waals surface area contributed by atoms with Crippen LogP contribution in [0.5, 0.6) is 5.75 Å². The van der Waals surface area contributed by atoms with Crippen molar-refractivity contribution in [1.29, 1.82) is 0 Å². The third-order valence-electron chi connectivity index (χ3n) is 4.58. The van der Waals surface area contributed by atoms with E-state index in [1.807, 2.05) is 6.92 Å². The number of halogens is 1. The first-order valence-corrected chi connectivity index (χ1v) is 9.30. The van der Waals surface area contributed by atoms with Gasteiger partial charge in [-0.2, -0.15) is 4.39 Å². The molecule has 7 heteroatoms. The number of thiophene rings is 1. The quantitative estimate of drug-likeness (QED) is 0.578. The molecule has 5 nitrogen and oxygen atoms in total. The van der Waals surface area contributed by atoms with E-state index in [9.17, 15) is 14.0 Å². The molecule has 2 aromatic heterocycles. The molecule has 0 amide bonds. The zero-order valence-electron chi connectivity index (χ0n) is 14.7. The van der Waals surface area contributed by atoms with Crippen LogP contribution in [0.2, 0.25) is 0 Å². The molecule has 3 rings (SSSR count). The number of aldehydes is 1. The Hall–Kier alpha value is -2.28. The molecule has 0 aliphatic heterocycles. The standard InChI is InChI=1S/C19H20FNO4S/c1-11-16(25-14-5-3-4-12(8-14)19(23)24-2)7-6-15(21-11)18-13(10-22)9-17(20)26-18/h6-7,9-10,12,14H,3-5,8H2,1-2H3/t12?,14-/m0/s1. The fourth-order valence-electron chi connectivity index (χ4n) is 3.27. The maximum absolute atomic E-state index is 13.4. The molecule has 0 spiro atoms. The average Bonchev–Trinajstić information content (AvgIpc) is 3.04. The van der Waals surface area contributed by atoms with E-state index in [1.54, 1.807) is 12.1 Å². The van der Waals surface area contributed by atoms with E-state index in [4.69, 9.17) is 9.47 Å². The summed E-state index contributed by atoms with van der Waals surface area (Å²) in [7, 11) is 1.40. The second-order valence-electron chi connectivity index (χ2n) is 6.36. The molecule has 1 saturated carbocycles. The second-order valence-corrected chi connectivity index (χ2v) is 7.36. The fraction of sp³-hybridized carbons (Fsp3) is 0.421. The van der Waals surface area contributed by atoms with Gasteiger partial charge in [-0.05, 0) is 50.8 Å². The molecule has 0 saturated heterocycles. The van der Waals surface area contributed by atoms with Crippen LogP contribution in [-0.4, -0.2) is 30.5 Å². The molecule has 2 heterocycles. The molecule has 1 fully saturated rings. The van der Waals surface area contributed by atoms with Gasteiger partial charge in [-0.15, -0.1) is 11.3 Å². The van der Waals surface area contributed by atoms with E-state index < -0.39 is 5.13 Å². The summed E-state index contributed by atoms with van der Waals surface area (Å²) in [4.78, 5) is 27.8. The molecule has 138 valence electrons. The Morgan fingerprint density at radius 3 is 2.88 bits per heavy atom. The first kappa shape index (κ1) is 18.5. The van der Waals surface area contributed by atoms with Gasteiger partial charge in [0, 0.05) is 5.56 Å². The van der Waals surface area contributed by atoms with Gasteiger partial charge in [0.1, 0.15) is 5.75 Å². The van der Waals surface area contributed by atoms with E-state index >= 15 is 0 Å². The minimum absolute atomic E-state index is 0.0658. The highest BCUT2D eigenvalue weighted by atomic mass is 32.1. The van der Waals surface area contributed by atoms with Gasteiger partial charge in [0.25, 0.3) is 0 Å². The molecule has 0 N–H and O–H groups in total. The van der Waals surface area contributed by atoms with Gasteiger partial charge in [0.05, 0.1) is 35.4 Å². The summed E-state index contributed by atoms with van der Waals surface area (Å²) in [6.45, 7) is 1.81. The minimum atomic E-state index is -0.419. The van der Waals surface area contributed by atoms with Crippen molar-refractivity contribution in [3.05, 3.63) is 34.6 Å². The van der Waals surface area contributed by atoms with E-state index in [1.165, 1.54) is 13.2 Å². The first-order valence-electron chi connectivity index (χ1n) is 8.48. The zero-order chi connectivity index (χ0) is 18.7. The number of hydrogen-bond donors (Lipinski definition) is 0. The predicted octanol–water partition coefficient (Wildman–Crippen LogP) is 4.18. The van der Waals surface area contributed by atoms with Crippen LogP contribution in [0, 0.1) is 18.0 Å². The van der Waals surface area contributed by atoms with Crippen LogP contribution in [0.15, 0.2) is 18.2 Å². The number of carbonyl (C=O) groups is 2. The topological polar surface area (TPSA) is 65.5 Å². The van der Waals surface area contributed by atoms with Gasteiger partial charge in [-0.1, -0.05) is 0 Å². The summed E-state index contributed by atoms with van der Waals surface area (Å²) in [5.74, 6) is 0.314. The van der Waals surface area contributed by atoms with Gasteiger partial charge in [-0.3, -0.25) is 9.59 Å². The fourth-order valence-corrected chi connectivity index (χ4v) is 4.10. The van der Waals surface area contributed by atoms with E-state index in [0.29, 0.717) is 40.3 Å². The van der Waals surface area contributed by atoms with Gasteiger partial charge in [0.15, 0.2) is 11.4 Å². The monoisotopic (exact) mass is 377 g/mol. The summed E-state index contributed by atoms with van der Waals surface area (Å²) in [6, 6.07) is 4.72. The Kier molecular flexibility index (Phi) is 5.66. The van der Waals surface area contributed by atoms with E-state index in [0.717, 1.165) is 30.6 Å². The lowest BCUT2D eigenvalue weighted by Gasteiger charge is -2.28. The van der Waals surface area contributed by atoms with E-state index in [2.05, 4.69) is 4.98 Å². The Balaban J connectivity index is 1.76. The van der Waals surface area contributed by atoms with Crippen LogP contribution >= 0.6 is 11.3 Å². The maximum atomic E-state index is 13.4. The highest BCUT2D eigenvalue weighted by Gasteiger charge is 2.29. The molecule has 0 aromatic carbocycles. The summed E-state index contributed by atoms with van der Waals surface area (Å²) in [5, 5.41) is -0.419. The Morgan fingerprint density at radius 1 is 1.38 bits per heavy atom. The van der Waals surface area contributed by atoms with Crippen LogP contribution in [0.3, 0.4) is 0 Å². The van der Waals surface area contributed by atoms with Crippen molar-refractivity contribution in [2.24, 2.45) is 5.92 Å². The number of pyridine rings is 1. The molecular weight excluding hydrogens is 357 g/mol. The summed E-state index contributed by atoms with van der Waals surface area (Å²) in [5.41, 5.74) is 1.50. The highest BCUT2D eigenvalue weighted by Crippen LogP contribution is 2.33. The molecule has 1 aliphatic carbocycles. The predicted molar refractivity (Wildman–Crippen MR) is 96.0 cm³/mol. The lowest BCUT2D eigenvalue weighted by Crippen LogP contribution is -2.30. The number of nitrogens with zero attached hydrogens (tertiary/aromatic N) is 1. The molecule has 1 unspecified atom stereocenters. The van der Waals surface area contributed by atoms with E-state index in [-0.39, 0.29) is 18.0 Å². The van der Waals surface area contributed by atoms with Crippen molar-refractivity contribution in [3.8, 4) is 16.3 Å². The highest BCUT2D eigenvalue weighted by molar-refractivity contribution is 7.14. The first-order chi connectivity index (χ1) is 12.5. The van der Waals surface area contributed by atoms with Crippen molar-refractivity contribution in [2.75, 3.05) is 7.11 Å². The molecule has 1 aliphatic rings. The third kappa shape index (κ3) is 3.93. The number of ether oxygens (including phenoxy) is 2. The number of methoxy groups -OCH3 is 1. The van der Waals surface area contributed by atoms with Crippen molar-refractivity contribution in [1.82, 2.24) is 4.98 Å². The molecule has 2 atom stereocenters. The third-order valence-corrected chi connectivity index (χ3v) is 5.54. The number of carbonyl (C=O) groups excluding carboxylic acids is 2. The lowest BCUT2D eigenvalue weighted by atomic mass is 9.87. The van der Waals surface area contributed by atoms with Gasteiger partial charge < -0.3 is 9.47 Å². The van der Waals surface area contributed by atoms with Gasteiger partial charge >= 0.3 is 5.97 Å². The molecule has 2 aromatic rings. The molecule has 0 radical (unpaired) electrons. The Morgan fingerprint density at radius 2 is 2.19 bits per heavy atom. The van der Waals surface area contributed by atoms with Gasteiger partial charge in [0.2, 0.25) is 0 Å². The SMILES string of the molecule is COC(=O)C1CCC[C@H](Oc2ccc(-c3sc(F)cc3C=O)nc2C)C1. The van der Waals surface area contributed by atoms with Crippen molar-refractivity contribution >= 4 is 23.6 Å². The summed E-state index contributed by atoms with van der Waals surface area (Å²) >= 11 is 0.896. The summed E-state index contributed by atoms with van der Waals surface area (Å²) in [6.07, 6.45) is 3.79. The van der Waals surface area contributed by atoms with Crippen molar-refractivity contribution in [2.45, 2.75) is 38.7 Å². The zero-order valence-corrected chi connectivity index (χ0v) is 15.5. The Labute approximate surface area is 155 Å². The van der Waals surface area contributed by atoms with Crippen molar-refractivity contribution < 1.29 is 23.5 Å². The number of hydrogen-bond acceptors (Lipinski definition) is 6. The lowest BCUT2D eigenvalue weighted by molar-refractivity contribution is -0.147. The van der Waals surface area contributed by atoms with Crippen molar-refractivity contribution in [3.63, 3.8) is 0 Å². The second kappa shape index (κ2) is 7.95. The van der Waals surface area contributed by atoms with Crippen LogP contribution in [0.25, 0.3) is 10.6 Å². The smallest absolute Gasteiger partial charge is 0.308 e. The largest absolute Gasteiger partial charge is 0.489 e. The summed E-state index contributed by atoms with van der Waals surface area (Å²) < 4.78 is 24.3. The minimum Gasteiger partial charge on any atom is -0.489 e. The number of aryl methyl sites for hydroxylation is 1. The molecule has 26 heavy (non-hydrogen) atoms. The number of esters is 1. The maximum Gasteiger partial charge on any atom is 0.308 e. The number of aromatic nitrogens is 1. The van der Waals surface area contributed by atoms with Gasteiger partial charge in [-0.25, -0.2) is 4.98 Å². The van der Waals surface area contributed by atoms with Crippen LogP contribution in [-0.2, 0) is 9.53 Å². The Bertz CT molecular complexity index is 820. The van der Waals surface area contributed by atoms with Crippen LogP contribution in [0.4, 0.5) is 4.39 Å². The normalized spacial score (nSPS) is 19.8. The molecular formula is C19H20FNO4S. The van der Waals surface area contributed by atoms with Crippen LogP contribution < -0.4 is 4.74 Å². The molecule has 0 bridgehead atoms. The number of rotatable bonds is 5. The van der Waals surface area contributed by atoms with Crippen LogP contribution in [0.1, 0.15) is 41.7 Å².